The zero-order chi connectivity index (χ0) is 22.6. The molecule has 1 aromatic carbocycles. The molecule has 4 rings (SSSR count). The molecule has 0 amide bonds. The fourth-order valence-electron chi connectivity index (χ4n) is 4.52. The van der Waals surface area contributed by atoms with E-state index in [2.05, 4.69) is 28.9 Å². The smallest absolute Gasteiger partial charge is 0.326 e. The molecule has 3 heterocycles. The lowest BCUT2D eigenvalue weighted by Gasteiger charge is -2.35. The van der Waals surface area contributed by atoms with E-state index in [1.165, 1.54) is 7.11 Å². The minimum absolute atomic E-state index is 0.130. The van der Waals surface area contributed by atoms with Crippen molar-refractivity contribution in [3.05, 3.63) is 58.8 Å². The number of esters is 1. The molecule has 1 aliphatic rings. The SMILES string of the molecule is CCC1(C(=O)OC)CCCN1Cc1cccc(OCCc2nc(-c3cccs3)oc2C)c1. The summed E-state index contributed by atoms with van der Waals surface area (Å²) >= 11 is 1.62. The average molecular weight is 455 g/mol. The van der Waals surface area contributed by atoms with E-state index >= 15 is 0 Å². The van der Waals surface area contributed by atoms with Crippen LogP contribution in [0.15, 0.2) is 46.2 Å². The van der Waals surface area contributed by atoms with Gasteiger partial charge in [0.2, 0.25) is 5.89 Å². The number of hydrogen-bond acceptors (Lipinski definition) is 7. The minimum atomic E-state index is -0.517. The Morgan fingerprint density at radius 1 is 1.31 bits per heavy atom. The minimum Gasteiger partial charge on any atom is -0.493 e. The van der Waals surface area contributed by atoms with Gasteiger partial charge in [0.1, 0.15) is 17.0 Å². The van der Waals surface area contributed by atoms with Gasteiger partial charge in [-0.15, -0.1) is 11.3 Å². The van der Waals surface area contributed by atoms with Gasteiger partial charge in [0, 0.05) is 13.0 Å². The van der Waals surface area contributed by atoms with Gasteiger partial charge < -0.3 is 13.9 Å². The van der Waals surface area contributed by atoms with Crippen molar-refractivity contribution in [1.82, 2.24) is 9.88 Å². The summed E-state index contributed by atoms with van der Waals surface area (Å²) in [5.74, 6) is 2.19. The number of rotatable bonds is 9. The van der Waals surface area contributed by atoms with E-state index in [9.17, 15) is 4.79 Å². The maximum atomic E-state index is 12.5. The Morgan fingerprint density at radius 3 is 2.94 bits per heavy atom. The highest BCUT2D eigenvalue weighted by Crippen LogP contribution is 2.35. The first-order valence-electron chi connectivity index (χ1n) is 11.1. The van der Waals surface area contributed by atoms with E-state index < -0.39 is 5.54 Å². The Labute approximate surface area is 193 Å². The molecule has 1 fully saturated rings. The van der Waals surface area contributed by atoms with Crippen molar-refractivity contribution in [2.24, 2.45) is 0 Å². The van der Waals surface area contributed by atoms with Crippen LogP contribution in [-0.2, 0) is 22.5 Å². The number of methoxy groups -OCH3 is 1. The Bertz CT molecular complexity index is 1050. The van der Waals surface area contributed by atoms with E-state index in [0.29, 0.717) is 25.5 Å². The van der Waals surface area contributed by atoms with Gasteiger partial charge >= 0.3 is 5.97 Å². The Hall–Kier alpha value is -2.64. The maximum absolute atomic E-state index is 12.5. The van der Waals surface area contributed by atoms with Crippen LogP contribution in [-0.4, -0.2) is 41.7 Å². The topological polar surface area (TPSA) is 64.8 Å². The van der Waals surface area contributed by atoms with E-state index in [0.717, 1.165) is 53.5 Å². The Balaban J connectivity index is 1.37. The number of hydrogen-bond donors (Lipinski definition) is 0. The molecule has 1 aliphatic heterocycles. The highest BCUT2D eigenvalue weighted by Gasteiger charge is 2.46. The van der Waals surface area contributed by atoms with E-state index in [4.69, 9.17) is 13.9 Å². The Morgan fingerprint density at radius 2 is 2.19 bits per heavy atom. The molecular weight excluding hydrogens is 424 g/mol. The van der Waals surface area contributed by atoms with Crippen LogP contribution < -0.4 is 4.74 Å². The lowest BCUT2D eigenvalue weighted by Crippen LogP contribution is -2.50. The van der Waals surface area contributed by atoms with E-state index in [1.807, 2.05) is 36.6 Å². The molecule has 7 heteroatoms. The molecule has 1 atom stereocenters. The van der Waals surface area contributed by atoms with Crippen LogP contribution in [0.1, 0.15) is 43.2 Å². The second kappa shape index (κ2) is 9.88. The number of thiophene rings is 1. The van der Waals surface area contributed by atoms with Crippen molar-refractivity contribution in [3.8, 4) is 16.5 Å². The summed E-state index contributed by atoms with van der Waals surface area (Å²) in [5, 5.41) is 2.02. The molecule has 0 aliphatic carbocycles. The molecule has 0 radical (unpaired) electrons. The van der Waals surface area contributed by atoms with Gasteiger partial charge in [-0.1, -0.05) is 25.1 Å². The van der Waals surface area contributed by atoms with Crippen LogP contribution in [0.3, 0.4) is 0 Å². The molecule has 1 unspecified atom stereocenters. The quantitative estimate of drug-likeness (QED) is 0.412. The fraction of sp³-hybridized carbons (Fsp3) is 0.440. The van der Waals surface area contributed by atoms with Gasteiger partial charge in [0.05, 0.1) is 24.3 Å². The number of nitrogens with zero attached hydrogens (tertiary/aromatic N) is 2. The van der Waals surface area contributed by atoms with Crippen molar-refractivity contribution in [2.75, 3.05) is 20.3 Å². The summed E-state index contributed by atoms with van der Waals surface area (Å²) in [6.45, 7) is 6.12. The van der Waals surface area contributed by atoms with Crippen LogP contribution in [0.2, 0.25) is 0 Å². The highest BCUT2D eigenvalue weighted by molar-refractivity contribution is 7.13. The number of oxazole rings is 1. The van der Waals surface area contributed by atoms with Crippen molar-refractivity contribution >= 4 is 17.3 Å². The predicted octanol–water partition coefficient (Wildman–Crippen LogP) is 5.25. The third-order valence-electron chi connectivity index (χ3n) is 6.28. The van der Waals surface area contributed by atoms with E-state index in [-0.39, 0.29) is 5.97 Å². The number of aryl methyl sites for hydroxylation is 1. The van der Waals surface area contributed by atoms with Crippen molar-refractivity contribution in [1.29, 1.82) is 0 Å². The standard InChI is InChI=1S/C25H30N2O4S/c1-4-25(24(28)29-3)12-7-13-27(25)17-19-8-5-9-20(16-19)30-14-11-21-18(2)31-23(26-21)22-10-6-15-32-22/h5-6,8-10,15-16H,4,7,11-14,17H2,1-3H3. The first kappa shape index (κ1) is 22.6. The van der Waals surface area contributed by atoms with E-state index in [1.54, 1.807) is 11.3 Å². The number of carbonyl (C=O) groups is 1. The maximum Gasteiger partial charge on any atom is 0.326 e. The zero-order valence-corrected chi connectivity index (χ0v) is 19.7. The van der Waals surface area contributed by atoms with Crippen molar-refractivity contribution in [2.45, 2.75) is 51.6 Å². The van der Waals surface area contributed by atoms with Crippen LogP contribution in [0.25, 0.3) is 10.8 Å². The normalized spacial score (nSPS) is 18.7. The first-order valence-corrected chi connectivity index (χ1v) is 12.0. The number of ether oxygens (including phenoxy) is 2. The largest absolute Gasteiger partial charge is 0.493 e. The zero-order valence-electron chi connectivity index (χ0n) is 18.9. The first-order chi connectivity index (χ1) is 15.6. The summed E-state index contributed by atoms with van der Waals surface area (Å²) in [6.07, 6.45) is 3.28. The van der Waals surface area contributed by atoms with Crippen LogP contribution in [0, 0.1) is 6.92 Å². The van der Waals surface area contributed by atoms with Crippen molar-refractivity contribution < 1.29 is 18.7 Å². The summed E-state index contributed by atoms with van der Waals surface area (Å²) in [7, 11) is 1.48. The number of likely N-dealkylation sites (tertiary alicyclic amines) is 1. The highest BCUT2D eigenvalue weighted by atomic mass is 32.1. The summed E-state index contributed by atoms with van der Waals surface area (Å²) in [6, 6.07) is 12.1. The lowest BCUT2D eigenvalue weighted by molar-refractivity contribution is -0.154. The third kappa shape index (κ3) is 4.59. The molecule has 0 saturated carbocycles. The van der Waals surface area contributed by atoms with Gasteiger partial charge in [-0.2, -0.15) is 0 Å². The second-order valence-electron chi connectivity index (χ2n) is 8.15. The molecule has 170 valence electrons. The molecule has 6 nitrogen and oxygen atoms in total. The molecule has 0 bridgehead atoms. The molecule has 1 saturated heterocycles. The van der Waals surface area contributed by atoms with Gasteiger partial charge in [-0.3, -0.25) is 9.69 Å². The molecule has 0 spiro atoms. The van der Waals surface area contributed by atoms with Crippen LogP contribution in [0.4, 0.5) is 0 Å². The lowest BCUT2D eigenvalue weighted by atomic mass is 9.92. The predicted molar refractivity (Wildman–Crippen MR) is 125 cm³/mol. The average Bonchev–Trinajstić information content (AvgIpc) is 3.55. The van der Waals surface area contributed by atoms with Gasteiger partial charge in [-0.05, 0) is 61.9 Å². The molecular formula is C25H30N2O4S. The number of carbonyl (C=O) groups excluding carboxylic acids is 1. The summed E-state index contributed by atoms with van der Waals surface area (Å²) < 4.78 is 17.0. The number of benzene rings is 1. The molecule has 3 aromatic rings. The van der Waals surface area contributed by atoms with Gasteiger partial charge in [-0.25, -0.2) is 4.98 Å². The number of aromatic nitrogens is 1. The molecule has 2 aromatic heterocycles. The van der Waals surface area contributed by atoms with Crippen LogP contribution in [0.5, 0.6) is 5.75 Å². The Kier molecular flexibility index (Phi) is 6.96. The fourth-order valence-corrected chi connectivity index (χ4v) is 5.16. The summed E-state index contributed by atoms with van der Waals surface area (Å²) in [5.41, 5.74) is 1.53. The van der Waals surface area contributed by atoms with Gasteiger partial charge in [0.15, 0.2) is 0 Å². The van der Waals surface area contributed by atoms with Gasteiger partial charge in [0.25, 0.3) is 0 Å². The second-order valence-corrected chi connectivity index (χ2v) is 9.09. The monoisotopic (exact) mass is 454 g/mol. The molecule has 0 N–H and O–H groups in total. The van der Waals surface area contributed by atoms with Crippen LogP contribution >= 0.6 is 11.3 Å². The van der Waals surface area contributed by atoms with Crippen molar-refractivity contribution in [3.63, 3.8) is 0 Å². The summed E-state index contributed by atoms with van der Waals surface area (Å²) in [4.78, 5) is 20.4. The third-order valence-corrected chi connectivity index (χ3v) is 7.14. The molecule has 32 heavy (non-hydrogen) atoms.